The van der Waals surface area contributed by atoms with Crippen molar-refractivity contribution in [1.82, 2.24) is 4.31 Å². The highest BCUT2D eigenvalue weighted by atomic mass is 32.2. The zero-order chi connectivity index (χ0) is 18.4. The first-order valence-corrected chi connectivity index (χ1v) is 11.0. The van der Waals surface area contributed by atoms with E-state index in [2.05, 4.69) is 0 Å². The maximum absolute atomic E-state index is 12.7. The number of hydrogen-bond acceptors (Lipinski definition) is 3. The van der Waals surface area contributed by atoms with Gasteiger partial charge in [0.05, 0.1) is 6.26 Å². The van der Waals surface area contributed by atoms with Crippen molar-refractivity contribution < 1.29 is 13.2 Å². The summed E-state index contributed by atoms with van der Waals surface area (Å²) in [6, 6.07) is 7.88. The minimum absolute atomic E-state index is 0.0300. The lowest BCUT2D eigenvalue weighted by Gasteiger charge is -2.32. The average Bonchev–Trinajstić information content (AvgIpc) is 2.55. The highest BCUT2D eigenvalue weighted by Gasteiger charge is 2.29. The molecule has 0 bridgehead atoms. The summed E-state index contributed by atoms with van der Waals surface area (Å²) < 4.78 is 25.9. The number of benzene rings is 1. The van der Waals surface area contributed by atoms with Crippen LogP contribution in [-0.2, 0) is 14.8 Å². The quantitative estimate of drug-likeness (QED) is 0.744. The van der Waals surface area contributed by atoms with Crippen LogP contribution >= 0.6 is 0 Å². The second-order valence-electron chi connectivity index (χ2n) is 6.89. The zero-order valence-corrected chi connectivity index (χ0v) is 16.4. The number of nitrogens with zero attached hydrogens (tertiary/aromatic N) is 2. The molecule has 25 heavy (non-hydrogen) atoms. The van der Waals surface area contributed by atoms with E-state index in [1.807, 2.05) is 38.1 Å². The number of aryl methyl sites for hydroxylation is 1. The van der Waals surface area contributed by atoms with Crippen LogP contribution in [-0.4, -0.2) is 44.0 Å². The van der Waals surface area contributed by atoms with E-state index in [1.165, 1.54) is 12.7 Å². The van der Waals surface area contributed by atoms with Crippen molar-refractivity contribution in [3.63, 3.8) is 0 Å². The summed E-state index contributed by atoms with van der Waals surface area (Å²) in [5, 5.41) is 0. The summed E-state index contributed by atoms with van der Waals surface area (Å²) in [7, 11) is -3.30. The minimum Gasteiger partial charge on any atom is -0.313 e. The fourth-order valence-electron chi connectivity index (χ4n) is 3.63. The predicted octanol–water partition coefficient (Wildman–Crippen LogP) is 3.33. The molecule has 0 radical (unpaired) electrons. The Labute approximate surface area is 152 Å². The van der Waals surface area contributed by atoms with Gasteiger partial charge in [-0.25, -0.2) is 8.42 Å². The molecule has 1 saturated carbocycles. The fourth-order valence-corrected chi connectivity index (χ4v) is 4.80. The molecule has 5 nitrogen and oxygen atoms in total. The molecule has 2 rings (SSSR count). The first-order valence-electron chi connectivity index (χ1n) is 9.16. The van der Waals surface area contributed by atoms with Crippen LogP contribution in [0.3, 0.4) is 0 Å². The molecule has 0 N–H and O–H groups in total. The number of sulfonamides is 1. The van der Waals surface area contributed by atoms with Crippen molar-refractivity contribution in [2.75, 3.05) is 24.2 Å². The Bertz CT molecular complexity index is 682. The highest BCUT2D eigenvalue weighted by Crippen LogP contribution is 2.25. The van der Waals surface area contributed by atoms with Gasteiger partial charge in [-0.2, -0.15) is 4.31 Å². The van der Waals surface area contributed by atoms with Gasteiger partial charge in [-0.3, -0.25) is 4.79 Å². The number of rotatable bonds is 7. The third-order valence-corrected chi connectivity index (χ3v) is 6.22. The van der Waals surface area contributed by atoms with E-state index >= 15 is 0 Å². The molecular formula is C19H30N2O3S. The summed E-state index contributed by atoms with van der Waals surface area (Å²) in [6.07, 6.45) is 6.57. The van der Waals surface area contributed by atoms with Crippen LogP contribution < -0.4 is 4.90 Å². The molecule has 0 unspecified atom stereocenters. The third-order valence-electron chi connectivity index (χ3n) is 4.88. The predicted molar refractivity (Wildman–Crippen MR) is 102 cm³/mol. The fraction of sp³-hybridized carbons (Fsp3) is 0.632. The molecule has 0 aromatic heterocycles. The lowest BCUT2D eigenvalue weighted by molar-refractivity contribution is -0.118. The monoisotopic (exact) mass is 366 g/mol. The Morgan fingerprint density at radius 2 is 1.88 bits per heavy atom. The van der Waals surface area contributed by atoms with Gasteiger partial charge >= 0.3 is 0 Å². The number of carbonyl (C=O) groups excluding carboxylic acids is 1. The molecule has 0 spiro atoms. The summed E-state index contributed by atoms with van der Waals surface area (Å²) in [6.45, 7) is 4.78. The number of carbonyl (C=O) groups is 1. The van der Waals surface area contributed by atoms with E-state index in [1.54, 1.807) is 9.21 Å². The lowest BCUT2D eigenvalue weighted by atomic mass is 9.95. The van der Waals surface area contributed by atoms with Gasteiger partial charge in [0.1, 0.15) is 0 Å². The number of hydrogen-bond donors (Lipinski definition) is 0. The molecule has 0 saturated heterocycles. The van der Waals surface area contributed by atoms with Crippen LogP contribution in [0.25, 0.3) is 0 Å². The van der Waals surface area contributed by atoms with Gasteiger partial charge in [-0.05, 0) is 44.4 Å². The van der Waals surface area contributed by atoms with E-state index in [-0.39, 0.29) is 24.9 Å². The zero-order valence-electron chi connectivity index (χ0n) is 15.6. The number of amides is 1. The topological polar surface area (TPSA) is 57.7 Å². The van der Waals surface area contributed by atoms with Crippen LogP contribution in [0.1, 0.15) is 51.0 Å². The maximum Gasteiger partial charge on any atom is 0.228 e. The number of anilines is 1. The maximum atomic E-state index is 12.7. The Hall–Kier alpha value is -1.40. The lowest BCUT2D eigenvalue weighted by Crippen LogP contribution is -2.43. The molecule has 6 heteroatoms. The van der Waals surface area contributed by atoms with Gasteiger partial charge in [-0.1, -0.05) is 31.4 Å². The standard InChI is InChI=1S/C19H30N2O3S/c1-4-20(18-12-8-9-16(2)15-18)19(22)13-14-21(25(3,23)24)17-10-6-5-7-11-17/h8-9,12,15,17H,4-7,10-11,13-14H2,1-3H3. The van der Waals surface area contributed by atoms with E-state index in [9.17, 15) is 13.2 Å². The second-order valence-corrected chi connectivity index (χ2v) is 8.83. The Morgan fingerprint density at radius 3 is 2.44 bits per heavy atom. The molecule has 0 heterocycles. The summed E-state index contributed by atoms with van der Waals surface area (Å²) in [5.41, 5.74) is 1.97. The summed E-state index contributed by atoms with van der Waals surface area (Å²) >= 11 is 0. The molecule has 1 fully saturated rings. The van der Waals surface area contributed by atoms with Crippen molar-refractivity contribution in [2.24, 2.45) is 0 Å². The first-order chi connectivity index (χ1) is 11.8. The molecule has 1 aliphatic rings. The molecule has 1 aromatic rings. The van der Waals surface area contributed by atoms with Crippen molar-refractivity contribution >= 4 is 21.6 Å². The van der Waals surface area contributed by atoms with E-state index in [4.69, 9.17) is 0 Å². The van der Waals surface area contributed by atoms with Gasteiger partial charge in [0.2, 0.25) is 15.9 Å². The van der Waals surface area contributed by atoms with Crippen molar-refractivity contribution in [1.29, 1.82) is 0 Å². The van der Waals surface area contributed by atoms with Crippen LogP contribution in [0.5, 0.6) is 0 Å². The van der Waals surface area contributed by atoms with E-state index in [0.717, 1.165) is 36.9 Å². The highest BCUT2D eigenvalue weighted by molar-refractivity contribution is 7.88. The average molecular weight is 367 g/mol. The minimum atomic E-state index is -3.30. The Balaban J connectivity index is 2.06. The molecule has 140 valence electrons. The van der Waals surface area contributed by atoms with Gasteiger partial charge < -0.3 is 4.90 Å². The van der Waals surface area contributed by atoms with E-state index in [0.29, 0.717) is 6.54 Å². The van der Waals surface area contributed by atoms with Crippen molar-refractivity contribution in [2.45, 2.75) is 58.4 Å². The second kappa shape index (κ2) is 8.81. The van der Waals surface area contributed by atoms with Crippen LogP contribution in [0.15, 0.2) is 24.3 Å². The molecular weight excluding hydrogens is 336 g/mol. The van der Waals surface area contributed by atoms with Crippen LogP contribution in [0.4, 0.5) is 5.69 Å². The normalized spacial score (nSPS) is 16.2. The molecule has 1 aliphatic carbocycles. The van der Waals surface area contributed by atoms with Crippen molar-refractivity contribution in [3.8, 4) is 0 Å². The van der Waals surface area contributed by atoms with Crippen LogP contribution in [0, 0.1) is 6.92 Å². The van der Waals surface area contributed by atoms with Gasteiger partial charge in [0.25, 0.3) is 0 Å². The smallest absolute Gasteiger partial charge is 0.228 e. The third kappa shape index (κ3) is 5.54. The van der Waals surface area contributed by atoms with Gasteiger partial charge in [0, 0.05) is 31.2 Å². The molecule has 1 aromatic carbocycles. The Morgan fingerprint density at radius 1 is 1.20 bits per heavy atom. The van der Waals surface area contributed by atoms with Crippen molar-refractivity contribution in [3.05, 3.63) is 29.8 Å². The van der Waals surface area contributed by atoms with Gasteiger partial charge in [0.15, 0.2) is 0 Å². The van der Waals surface area contributed by atoms with Gasteiger partial charge in [-0.15, -0.1) is 0 Å². The first kappa shape index (κ1) is 19.9. The molecule has 0 aliphatic heterocycles. The summed E-state index contributed by atoms with van der Waals surface area (Å²) in [4.78, 5) is 14.4. The SMILES string of the molecule is CCN(C(=O)CCN(C1CCCCC1)S(C)(=O)=O)c1cccc(C)c1. The largest absolute Gasteiger partial charge is 0.313 e. The molecule has 0 atom stereocenters. The molecule has 1 amide bonds. The summed E-state index contributed by atoms with van der Waals surface area (Å²) in [5.74, 6) is -0.0300. The Kier molecular flexibility index (Phi) is 7.02. The van der Waals surface area contributed by atoms with E-state index < -0.39 is 10.0 Å². The van der Waals surface area contributed by atoms with Crippen LogP contribution in [0.2, 0.25) is 0 Å².